The zero-order valence-corrected chi connectivity index (χ0v) is 13.4. The summed E-state index contributed by atoms with van der Waals surface area (Å²) in [6, 6.07) is 2.60. The highest BCUT2D eigenvalue weighted by Crippen LogP contribution is 2.35. The molecule has 0 aliphatic carbocycles. The average molecular weight is 308 g/mol. The van der Waals surface area contributed by atoms with Crippen LogP contribution in [-0.4, -0.2) is 53.1 Å². The van der Waals surface area contributed by atoms with Crippen LogP contribution >= 0.6 is 11.3 Å². The van der Waals surface area contributed by atoms with E-state index >= 15 is 0 Å². The van der Waals surface area contributed by atoms with E-state index in [1.165, 1.54) is 10.4 Å². The van der Waals surface area contributed by atoms with Gasteiger partial charge in [-0.2, -0.15) is 0 Å². The molecule has 1 aromatic heterocycles. The Morgan fingerprint density at radius 3 is 3.10 bits per heavy atom. The van der Waals surface area contributed by atoms with Gasteiger partial charge >= 0.3 is 0 Å². The first-order chi connectivity index (χ1) is 10.2. The summed E-state index contributed by atoms with van der Waals surface area (Å²) in [6.07, 6.45) is 4.05. The molecule has 1 N–H and O–H groups in total. The van der Waals surface area contributed by atoms with Crippen LogP contribution in [0.2, 0.25) is 0 Å². The lowest BCUT2D eigenvalue weighted by Crippen LogP contribution is -2.46. The fourth-order valence-corrected chi connectivity index (χ4v) is 4.64. The number of rotatable bonds is 4. The van der Waals surface area contributed by atoms with Gasteiger partial charge in [0.2, 0.25) is 5.91 Å². The molecule has 1 amide bonds. The minimum atomic E-state index is 0.166. The zero-order valence-electron chi connectivity index (χ0n) is 12.6. The maximum absolute atomic E-state index is 12.7. The van der Waals surface area contributed by atoms with E-state index in [2.05, 4.69) is 28.2 Å². The maximum Gasteiger partial charge on any atom is 0.237 e. The Balaban J connectivity index is 1.70. The van der Waals surface area contributed by atoms with Crippen molar-refractivity contribution in [3.63, 3.8) is 0 Å². The Kier molecular flexibility index (Phi) is 4.62. The molecule has 2 aliphatic heterocycles. The molecule has 2 unspecified atom stereocenters. The van der Waals surface area contributed by atoms with Crippen LogP contribution in [0, 0.1) is 0 Å². The zero-order chi connectivity index (χ0) is 14.8. The second-order valence-corrected chi connectivity index (χ2v) is 7.01. The average Bonchev–Trinajstić information content (AvgIpc) is 3.14. The number of aliphatic hydroxyl groups is 1. The number of thiophene rings is 1. The summed E-state index contributed by atoms with van der Waals surface area (Å²) < 4.78 is 0. The van der Waals surface area contributed by atoms with Crippen molar-refractivity contribution in [1.82, 2.24) is 9.80 Å². The molecule has 4 nitrogen and oxygen atoms in total. The molecule has 21 heavy (non-hydrogen) atoms. The number of hydrogen-bond donors (Lipinski definition) is 1. The van der Waals surface area contributed by atoms with Crippen molar-refractivity contribution < 1.29 is 9.90 Å². The van der Waals surface area contributed by atoms with Crippen molar-refractivity contribution in [1.29, 1.82) is 0 Å². The first-order valence-electron chi connectivity index (χ1n) is 7.95. The molecule has 0 saturated carbocycles. The summed E-state index contributed by atoms with van der Waals surface area (Å²) in [4.78, 5) is 18.4. The van der Waals surface area contributed by atoms with Crippen LogP contribution in [0.15, 0.2) is 11.4 Å². The van der Waals surface area contributed by atoms with E-state index in [9.17, 15) is 9.90 Å². The number of carbonyl (C=O) groups is 1. The second kappa shape index (κ2) is 6.46. The van der Waals surface area contributed by atoms with E-state index in [0.717, 1.165) is 38.8 Å². The van der Waals surface area contributed by atoms with Gasteiger partial charge in [0.15, 0.2) is 0 Å². The highest BCUT2D eigenvalue weighted by atomic mass is 32.1. The van der Waals surface area contributed by atoms with E-state index < -0.39 is 0 Å². The number of aliphatic hydroxyl groups excluding tert-OH is 1. The molecular formula is C16H24N2O2S. The monoisotopic (exact) mass is 308 g/mol. The SMILES string of the molecule is CCC1c2ccsc2CCN1C(=O)CN1CCCC1CO. The Bertz CT molecular complexity index is 502. The second-order valence-electron chi connectivity index (χ2n) is 6.01. The van der Waals surface area contributed by atoms with Gasteiger partial charge in [-0.1, -0.05) is 6.92 Å². The molecule has 1 fully saturated rings. The minimum Gasteiger partial charge on any atom is -0.395 e. The van der Waals surface area contributed by atoms with E-state index in [0.29, 0.717) is 6.54 Å². The van der Waals surface area contributed by atoms with Gasteiger partial charge in [-0.25, -0.2) is 0 Å². The van der Waals surface area contributed by atoms with Crippen LogP contribution in [0.1, 0.15) is 42.7 Å². The van der Waals surface area contributed by atoms with Crippen molar-refractivity contribution in [2.24, 2.45) is 0 Å². The Hall–Kier alpha value is -0.910. The first-order valence-corrected chi connectivity index (χ1v) is 8.83. The molecule has 3 heterocycles. The van der Waals surface area contributed by atoms with Gasteiger partial charge in [-0.3, -0.25) is 9.69 Å². The largest absolute Gasteiger partial charge is 0.395 e. The normalized spacial score (nSPS) is 26.1. The Morgan fingerprint density at radius 2 is 2.33 bits per heavy atom. The molecule has 5 heteroatoms. The van der Waals surface area contributed by atoms with Gasteiger partial charge < -0.3 is 10.0 Å². The predicted octanol–water partition coefficient (Wildman–Crippen LogP) is 2.04. The minimum absolute atomic E-state index is 0.166. The number of amides is 1. The summed E-state index contributed by atoms with van der Waals surface area (Å²) in [5, 5.41) is 11.5. The quantitative estimate of drug-likeness (QED) is 0.926. The van der Waals surface area contributed by atoms with Crippen LogP contribution in [0.4, 0.5) is 0 Å². The summed E-state index contributed by atoms with van der Waals surface area (Å²) in [7, 11) is 0. The summed E-state index contributed by atoms with van der Waals surface area (Å²) in [5.41, 5.74) is 1.35. The van der Waals surface area contributed by atoms with Crippen molar-refractivity contribution in [3.05, 3.63) is 21.9 Å². The van der Waals surface area contributed by atoms with Crippen molar-refractivity contribution >= 4 is 17.2 Å². The summed E-state index contributed by atoms with van der Waals surface area (Å²) >= 11 is 1.81. The molecule has 1 aromatic rings. The topological polar surface area (TPSA) is 43.8 Å². The molecule has 0 aromatic carbocycles. The van der Waals surface area contributed by atoms with Crippen molar-refractivity contribution in [2.45, 2.75) is 44.7 Å². The fourth-order valence-electron chi connectivity index (χ4n) is 3.71. The Morgan fingerprint density at radius 1 is 1.48 bits per heavy atom. The number of carbonyl (C=O) groups excluding carboxylic acids is 1. The number of fused-ring (bicyclic) bond motifs is 1. The molecule has 0 bridgehead atoms. The molecule has 2 atom stereocenters. The highest BCUT2D eigenvalue weighted by Gasteiger charge is 2.33. The van der Waals surface area contributed by atoms with Crippen LogP contribution in [0.3, 0.4) is 0 Å². The van der Waals surface area contributed by atoms with Crippen LogP contribution < -0.4 is 0 Å². The van der Waals surface area contributed by atoms with Crippen LogP contribution in [0.25, 0.3) is 0 Å². The number of hydrogen-bond acceptors (Lipinski definition) is 4. The molecule has 116 valence electrons. The van der Waals surface area contributed by atoms with E-state index in [1.807, 2.05) is 11.3 Å². The lowest BCUT2D eigenvalue weighted by atomic mass is 9.97. The van der Waals surface area contributed by atoms with Crippen LogP contribution in [-0.2, 0) is 11.2 Å². The summed E-state index contributed by atoms with van der Waals surface area (Å²) in [6.45, 7) is 4.55. The van der Waals surface area contributed by atoms with Crippen molar-refractivity contribution in [2.75, 3.05) is 26.2 Å². The van der Waals surface area contributed by atoms with Gasteiger partial charge in [0.25, 0.3) is 0 Å². The van der Waals surface area contributed by atoms with Gasteiger partial charge in [-0.15, -0.1) is 11.3 Å². The van der Waals surface area contributed by atoms with Gasteiger partial charge in [0, 0.05) is 17.5 Å². The van der Waals surface area contributed by atoms with Crippen LogP contribution in [0.5, 0.6) is 0 Å². The lowest BCUT2D eigenvalue weighted by molar-refractivity contribution is -0.135. The van der Waals surface area contributed by atoms with E-state index in [1.54, 1.807) is 0 Å². The van der Waals surface area contributed by atoms with Crippen molar-refractivity contribution in [3.8, 4) is 0 Å². The molecule has 1 saturated heterocycles. The smallest absolute Gasteiger partial charge is 0.237 e. The third-order valence-corrected chi connectivity index (χ3v) is 5.85. The number of nitrogens with zero attached hydrogens (tertiary/aromatic N) is 2. The fraction of sp³-hybridized carbons (Fsp3) is 0.688. The van der Waals surface area contributed by atoms with Gasteiger partial charge in [0.1, 0.15) is 0 Å². The number of likely N-dealkylation sites (tertiary alicyclic amines) is 1. The molecule has 0 spiro atoms. The third-order valence-electron chi connectivity index (χ3n) is 4.85. The van der Waals surface area contributed by atoms with Gasteiger partial charge in [-0.05, 0) is 49.2 Å². The first kappa shape index (κ1) is 15.0. The third kappa shape index (κ3) is 2.87. The summed E-state index contributed by atoms with van der Waals surface area (Å²) in [5.74, 6) is 0.221. The predicted molar refractivity (Wildman–Crippen MR) is 84.4 cm³/mol. The molecule has 0 radical (unpaired) electrons. The standard InChI is InChI=1S/C16H24N2O2S/c1-2-14-13-6-9-21-15(13)5-8-18(14)16(20)10-17-7-3-4-12(17)11-19/h6,9,12,14,19H,2-5,7-8,10-11H2,1H3. The lowest BCUT2D eigenvalue weighted by Gasteiger charge is -2.37. The van der Waals surface area contributed by atoms with E-state index in [4.69, 9.17) is 0 Å². The Labute approximate surface area is 130 Å². The van der Waals surface area contributed by atoms with E-state index in [-0.39, 0.29) is 24.6 Å². The molecule has 2 aliphatic rings. The van der Waals surface area contributed by atoms with Gasteiger partial charge in [0.05, 0.1) is 19.2 Å². The molecular weight excluding hydrogens is 284 g/mol. The maximum atomic E-state index is 12.7. The molecule has 3 rings (SSSR count). The highest BCUT2D eigenvalue weighted by molar-refractivity contribution is 7.10.